The van der Waals surface area contributed by atoms with Gasteiger partial charge in [0.1, 0.15) is 0 Å². The smallest absolute Gasteiger partial charge is 0.383 e. The van der Waals surface area contributed by atoms with Gasteiger partial charge in [0.15, 0.2) is 5.82 Å². The van der Waals surface area contributed by atoms with E-state index in [1.807, 2.05) is 0 Å². The first-order valence-electron chi connectivity index (χ1n) is 7.93. The molecule has 7 nitrogen and oxygen atoms in total. The molecule has 0 atom stereocenters. The zero-order valence-corrected chi connectivity index (χ0v) is 14.3. The summed E-state index contributed by atoms with van der Waals surface area (Å²) in [5.74, 6) is -0.0523. The Balaban J connectivity index is 1.68. The lowest BCUT2D eigenvalue weighted by Gasteiger charge is -2.07. The number of carbonyl (C=O) groups excluding carboxylic acids is 1. The first-order valence-corrected chi connectivity index (χ1v) is 7.93. The minimum absolute atomic E-state index is 0.251. The van der Waals surface area contributed by atoms with E-state index in [1.54, 1.807) is 24.1 Å². The van der Waals surface area contributed by atoms with Crippen molar-refractivity contribution in [2.24, 2.45) is 0 Å². The summed E-state index contributed by atoms with van der Waals surface area (Å²) in [4.78, 5) is 12.3. The number of ether oxygens (including phenoxy) is 1. The second kappa shape index (κ2) is 7.62. The molecule has 0 saturated carbocycles. The van der Waals surface area contributed by atoms with Crippen LogP contribution in [0.4, 0.5) is 19.0 Å². The number of carbonyl (C=O) groups is 1. The van der Waals surface area contributed by atoms with Gasteiger partial charge in [-0.25, -0.2) is 4.68 Å². The van der Waals surface area contributed by atoms with E-state index in [2.05, 4.69) is 15.5 Å². The van der Waals surface area contributed by atoms with Gasteiger partial charge in [0.05, 0.1) is 36.2 Å². The van der Waals surface area contributed by atoms with Crippen molar-refractivity contribution >= 4 is 11.7 Å². The molecule has 0 aliphatic carbocycles. The molecule has 0 saturated heterocycles. The zero-order chi connectivity index (χ0) is 19.4. The largest absolute Gasteiger partial charge is 0.416 e. The molecule has 3 aromatic rings. The topological polar surface area (TPSA) is 74.0 Å². The number of nitrogens with zero attached hydrogens (tertiary/aromatic N) is 4. The maximum Gasteiger partial charge on any atom is 0.416 e. The lowest BCUT2D eigenvalue weighted by Crippen LogP contribution is -2.12. The van der Waals surface area contributed by atoms with Crippen LogP contribution >= 0.6 is 0 Å². The Morgan fingerprint density at radius 3 is 2.63 bits per heavy atom. The molecule has 0 spiro atoms. The molecule has 10 heteroatoms. The van der Waals surface area contributed by atoms with E-state index in [0.717, 1.165) is 12.1 Å². The second-order valence-corrected chi connectivity index (χ2v) is 5.63. The van der Waals surface area contributed by atoms with Crippen LogP contribution in [0.15, 0.2) is 48.9 Å². The minimum Gasteiger partial charge on any atom is -0.383 e. The average Bonchev–Trinajstić information content (AvgIpc) is 3.29. The molecule has 2 aromatic heterocycles. The number of benzene rings is 1. The van der Waals surface area contributed by atoms with E-state index in [9.17, 15) is 18.0 Å². The van der Waals surface area contributed by atoms with Crippen LogP contribution in [0.5, 0.6) is 0 Å². The van der Waals surface area contributed by atoms with Gasteiger partial charge in [-0.1, -0.05) is 0 Å². The molecule has 1 aromatic carbocycles. The SMILES string of the molecule is COCCn1ccc(NC(=O)c2cnn(-c3ccc(C(F)(F)F)cc3)c2)n1. The molecule has 3 rings (SSSR count). The summed E-state index contributed by atoms with van der Waals surface area (Å²) in [6.45, 7) is 1.05. The number of hydrogen-bond donors (Lipinski definition) is 1. The van der Waals surface area contributed by atoms with Crippen molar-refractivity contribution in [3.05, 3.63) is 60.0 Å². The molecule has 0 aliphatic rings. The van der Waals surface area contributed by atoms with Crippen LogP contribution in [-0.4, -0.2) is 39.2 Å². The molecule has 142 valence electrons. The highest BCUT2D eigenvalue weighted by Gasteiger charge is 2.30. The van der Waals surface area contributed by atoms with Crippen LogP contribution < -0.4 is 5.32 Å². The third-order valence-corrected chi connectivity index (χ3v) is 3.71. The van der Waals surface area contributed by atoms with Crippen LogP contribution in [-0.2, 0) is 17.5 Å². The molecular weight excluding hydrogens is 363 g/mol. The van der Waals surface area contributed by atoms with Crippen molar-refractivity contribution in [2.75, 3.05) is 19.0 Å². The fourth-order valence-corrected chi connectivity index (χ4v) is 2.31. The predicted molar refractivity (Wildman–Crippen MR) is 90.6 cm³/mol. The van der Waals surface area contributed by atoms with E-state index in [1.165, 1.54) is 29.2 Å². The van der Waals surface area contributed by atoms with Gasteiger partial charge in [0.2, 0.25) is 0 Å². The van der Waals surface area contributed by atoms with Gasteiger partial charge in [-0.3, -0.25) is 9.48 Å². The Morgan fingerprint density at radius 2 is 1.96 bits per heavy atom. The lowest BCUT2D eigenvalue weighted by molar-refractivity contribution is -0.137. The number of anilines is 1. The van der Waals surface area contributed by atoms with E-state index in [-0.39, 0.29) is 5.56 Å². The molecule has 1 amide bonds. The van der Waals surface area contributed by atoms with Gasteiger partial charge >= 0.3 is 6.18 Å². The van der Waals surface area contributed by atoms with E-state index >= 15 is 0 Å². The Morgan fingerprint density at radius 1 is 1.22 bits per heavy atom. The van der Waals surface area contributed by atoms with Gasteiger partial charge < -0.3 is 10.1 Å². The lowest BCUT2D eigenvalue weighted by atomic mass is 10.2. The third-order valence-electron chi connectivity index (χ3n) is 3.71. The number of halogens is 3. The first-order chi connectivity index (χ1) is 12.9. The molecule has 27 heavy (non-hydrogen) atoms. The second-order valence-electron chi connectivity index (χ2n) is 5.63. The summed E-state index contributed by atoms with van der Waals surface area (Å²) in [6, 6.07) is 6.14. The van der Waals surface area contributed by atoms with Crippen LogP contribution in [0.25, 0.3) is 5.69 Å². The van der Waals surface area contributed by atoms with E-state index in [0.29, 0.717) is 24.7 Å². The molecule has 0 bridgehead atoms. The fraction of sp³-hybridized carbons (Fsp3) is 0.235. The number of methoxy groups -OCH3 is 1. The van der Waals surface area contributed by atoms with E-state index < -0.39 is 17.6 Å². The monoisotopic (exact) mass is 379 g/mol. The summed E-state index contributed by atoms with van der Waals surface area (Å²) in [7, 11) is 1.58. The fourth-order valence-electron chi connectivity index (χ4n) is 2.31. The molecule has 0 fully saturated rings. The summed E-state index contributed by atoms with van der Waals surface area (Å²) in [6.07, 6.45) is 0.0649. The van der Waals surface area contributed by atoms with Gasteiger partial charge in [0, 0.05) is 25.6 Å². The van der Waals surface area contributed by atoms with Crippen molar-refractivity contribution in [3.8, 4) is 5.69 Å². The Kier molecular flexibility index (Phi) is 5.26. The van der Waals surface area contributed by atoms with Crippen molar-refractivity contribution in [1.82, 2.24) is 19.6 Å². The highest BCUT2D eigenvalue weighted by molar-refractivity contribution is 6.03. The highest BCUT2D eigenvalue weighted by Crippen LogP contribution is 2.29. The van der Waals surface area contributed by atoms with E-state index in [4.69, 9.17) is 4.74 Å². The minimum atomic E-state index is -4.40. The molecule has 0 unspecified atom stereocenters. The van der Waals surface area contributed by atoms with Gasteiger partial charge in [-0.05, 0) is 24.3 Å². The average molecular weight is 379 g/mol. The Labute approximate surface area is 152 Å². The molecule has 1 N–H and O–H groups in total. The highest BCUT2D eigenvalue weighted by atomic mass is 19.4. The Hall–Kier alpha value is -3.14. The summed E-state index contributed by atoms with van der Waals surface area (Å²) >= 11 is 0. The van der Waals surface area contributed by atoms with Crippen molar-refractivity contribution in [1.29, 1.82) is 0 Å². The van der Waals surface area contributed by atoms with Crippen molar-refractivity contribution < 1.29 is 22.7 Å². The van der Waals surface area contributed by atoms with Crippen molar-refractivity contribution in [2.45, 2.75) is 12.7 Å². The number of rotatable bonds is 6. The molecule has 0 aliphatic heterocycles. The maximum atomic E-state index is 12.6. The van der Waals surface area contributed by atoms with Gasteiger partial charge in [-0.15, -0.1) is 0 Å². The number of hydrogen-bond acceptors (Lipinski definition) is 4. The van der Waals surface area contributed by atoms with Crippen LogP contribution in [0.3, 0.4) is 0 Å². The van der Waals surface area contributed by atoms with Crippen LogP contribution in [0, 0.1) is 0 Å². The number of amides is 1. The van der Waals surface area contributed by atoms with Crippen molar-refractivity contribution in [3.63, 3.8) is 0 Å². The van der Waals surface area contributed by atoms with Gasteiger partial charge in [0.25, 0.3) is 5.91 Å². The first kappa shape index (κ1) is 18.6. The Bertz CT molecular complexity index is 915. The standard InChI is InChI=1S/C17H16F3N5O2/c1-27-9-8-24-7-6-15(23-24)22-16(26)12-10-21-25(11-12)14-4-2-13(3-5-14)17(18,19)20/h2-7,10-11H,8-9H2,1H3,(H,22,23,26). The van der Waals surface area contributed by atoms with Gasteiger partial charge in [-0.2, -0.15) is 23.4 Å². The normalized spacial score (nSPS) is 11.6. The third kappa shape index (κ3) is 4.53. The molecular formula is C17H16F3N5O2. The number of nitrogens with one attached hydrogen (secondary N) is 1. The quantitative estimate of drug-likeness (QED) is 0.715. The zero-order valence-electron chi connectivity index (χ0n) is 14.3. The maximum absolute atomic E-state index is 12.6. The predicted octanol–water partition coefficient (Wildman–Crippen LogP) is 2.99. The van der Waals surface area contributed by atoms with Crippen LogP contribution in [0.1, 0.15) is 15.9 Å². The number of aromatic nitrogens is 4. The summed E-state index contributed by atoms with van der Waals surface area (Å²) in [5, 5.41) is 10.8. The summed E-state index contributed by atoms with van der Waals surface area (Å²) in [5.41, 5.74) is -0.0901. The number of alkyl halides is 3. The van der Waals surface area contributed by atoms with Crippen LogP contribution in [0.2, 0.25) is 0 Å². The summed E-state index contributed by atoms with van der Waals surface area (Å²) < 4.78 is 45.8. The molecule has 0 radical (unpaired) electrons. The molecule has 2 heterocycles.